The predicted octanol–water partition coefficient (Wildman–Crippen LogP) is 3.87. The van der Waals surface area contributed by atoms with Gasteiger partial charge in [-0.05, 0) is 12.8 Å². The number of thiol groups is 1. The minimum atomic E-state index is -0.411. The molecule has 0 amide bonds. The molecule has 0 aliphatic carbocycles. The molecule has 0 bridgehead atoms. The molecule has 0 spiro atoms. The molecule has 0 aliphatic heterocycles. The number of hydrogen-bond acceptors (Lipinski definition) is 4. The lowest BCUT2D eigenvalue weighted by atomic mass is 10.1. The van der Waals surface area contributed by atoms with Crippen molar-refractivity contribution in [2.24, 2.45) is 0 Å². The molecule has 0 saturated carbocycles. The lowest BCUT2D eigenvalue weighted by Gasteiger charge is -2.04. The monoisotopic (exact) mass is 288 g/mol. The van der Waals surface area contributed by atoms with Crippen molar-refractivity contribution in [2.75, 3.05) is 13.2 Å². The zero-order chi connectivity index (χ0) is 14.3. The SMILES string of the molecule is C=C(S)C(=O)OCCCCCCCCCCCCO. The number of ether oxygens (including phenoxy) is 1. The molecule has 0 aromatic carbocycles. The van der Waals surface area contributed by atoms with Crippen LogP contribution in [0.3, 0.4) is 0 Å². The molecule has 4 heteroatoms. The van der Waals surface area contributed by atoms with Crippen LogP contribution in [0.5, 0.6) is 0 Å². The molecule has 0 heterocycles. The highest BCUT2D eigenvalue weighted by Gasteiger charge is 2.02. The Hall–Kier alpha value is -0.480. The van der Waals surface area contributed by atoms with E-state index in [0.717, 1.165) is 25.7 Å². The van der Waals surface area contributed by atoms with E-state index in [9.17, 15) is 4.79 Å². The van der Waals surface area contributed by atoms with Crippen LogP contribution >= 0.6 is 12.6 Å². The summed E-state index contributed by atoms with van der Waals surface area (Å²) in [6.07, 6.45) is 11.7. The number of unbranched alkanes of at least 4 members (excludes halogenated alkanes) is 9. The van der Waals surface area contributed by atoms with Gasteiger partial charge in [0.25, 0.3) is 0 Å². The highest BCUT2D eigenvalue weighted by molar-refractivity contribution is 7.85. The van der Waals surface area contributed by atoms with Gasteiger partial charge in [0.1, 0.15) is 0 Å². The molecule has 0 rings (SSSR count). The van der Waals surface area contributed by atoms with E-state index in [4.69, 9.17) is 9.84 Å². The van der Waals surface area contributed by atoms with Crippen LogP contribution in [0.15, 0.2) is 11.5 Å². The molecule has 1 N–H and O–H groups in total. The Bertz CT molecular complexity index is 242. The van der Waals surface area contributed by atoms with Gasteiger partial charge in [-0.1, -0.05) is 57.9 Å². The number of hydrogen-bond donors (Lipinski definition) is 2. The van der Waals surface area contributed by atoms with Gasteiger partial charge >= 0.3 is 5.97 Å². The maximum Gasteiger partial charge on any atom is 0.343 e. The van der Waals surface area contributed by atoms with E-state index in [1.54, 1.807) is 0 Å². The predicted molar refractivity (Wildman–Crippen MR) is 82.3 cm³/mol. The summed E-state index contributed by atoms with van der Waals surface area (Å²) < 4.78 is 4.95. The third kappa shape index (κ3) is 13.7. The Labute approximate surface area is 122 Å². The molecule has 0 aromatic rings. The topological polar surface area (TPSA) is 46.5 Å². The molecule has 0 aromatic heterocycles. The number of aliphatic hydroxyl groups excluding tert-OH is 1. The normalized spacial score (nSPS) is 10.4. The van der Waals surface area contributed by atoms with E-state index < -0.39 is 5.97 Å². The number of carbonyl (C=O) groups excluding carboxylic acids is 1. The first kappa shape index (κ1) is 18.5. The zero-order valence-corrected chi connectivity index (χ0v) is 12.8. The Balaban J connectivity index is 3.07. The summed E-state index contributed by atoms with van der Waals surface area (Å²) >= 11 is 3.82. The highest BCUT2D eigenvalue weighted by atomic mass is 32.1. The Morgan fingerprint density at radius 2 is 1.32 bits per heavy atom. The van der Waals surface area contributed by atoms with Crippen molar-refractivity contribution in [3.05, 3.63) is 11.5 Å². The number of esters is 1. The third-order valence-corrected chi connectivity index (χ3v) is 3.20. The van der Waals surface area contributed by atoms with E-state index in [1.165, 1.54) is 38.5 Å². The van der Waals surface area contributed by atoms with E-state index in [2.05, 4.69) is 19.2 Å². The molecular formula is C15H28O3S. The molecule has 0 atom stereocenters. The Kier molecular flexibility index (Phi) is 13.6. The lowest BCUT2D eigenvalue weighted by molar-refractivity contribution is -0.138. The minimum absolute atomic E-state index is 0.168. The number of rotatable bonds is 13. The van der Waals surface area contributed by atoms with Gasteiger partial charge < -0.3 is 9.84 Å². The van der Waals surface area contributed by atoms with Crippen molar-refractivity contribution >= 4 is 18.6 Å². The summed E-state index contributed by atoms with van der Waals surface area (Å²) in [4.78, 5) is 11.2. The van der Waals surface area contributed by atoms with Gasteiger partial charge in [-0.3, -0.25) is 0 Å². The van der Waals surface area contributed by atoms with Gasteiger partial charge in [0.2, 0.25) is 0 Å². The molecule has 0 radical (unpaired) electrons. The van der Waals surface area contributed by atoms with Gasteiger partial charge in [0.05, 0.1) is 11.5 Å². The summed E-state index contributed by atoms with van der Waals surface area (Å²) in [5.41, 5.74) is 0. The molecule has 0 unspecified atom stereocenters. The van der Waals surface area contributed by atoms with Crippen LogP contribution in [0.25, 0.3) is 0 Å². The molecule has 0 saturated heterocycles. The largest absolute Gasteiger partial charge is 0.462 e. The van der Waals surface area contributed by atoms with E-state index in [-0.39, 0.29) is 4.91 Å². The van der Waals surface area contributed by atoms with Crippen LogP contribution in [0.2, 0.25) is 0 Å². The van der Waals surface area contributed by atoms with Crippen molar-refractivity contribution in [3.63, 3.8) is 0 Å². The van der Waals surface area contributed by atoms with E-state index >= 15 is 0 Å². The van der Waals surface area contributed by atoms with Crippen molar-refractivity contribution in [3.8, 4) is 0 Å². The number of carbonyl (C=O) groups is 1. The second-order valence-electron chi connectivity index (χ2n) is 4.84. The van der Waals surface area contributed by atoms with Gasteiger partial charge in [-0.15, -0.1) is 12.6 Å². The first-order valence-corrected chi connectivity index (χ1v) is 7.79. The lowest BCUT2D eigenvalue weighted by Crippen LogP contribution is -2.04. The second kappa shape index (κ2) is 13.9. The first-order valence-electron chi connectivity index (χ1n) is 7.34. The molecule has 0 fully saturated rings. The Morgan fingerprint density at radius 3 is 1.74 bits per heavy atom. The summed E-state index contributed by atoms with van der Waals surface area (Å²) in [7, 11) is 0. The van der Waals surface area contributed by atoms with Crippen molar-refractivity contribution in [2.45, 2.75) is 64.2 Å². The van der Waals surface area contributed by atoms with Gasteiger partial charge in [0.15, 0.2) is 0 Å². The molecule has 0 aliphatic rings. The average molecular weight is 288 g/mol. The van der Waals surface area contributed by atoms with Crippen molar-refractivity contribution in [1.29, 1.82) is 0 Å². The smallest absolute Gasteiger partial charge is 0.343 e. The van der Waals surface area contributed by atoms with Crippen LogP contribution in [0.1, 0.15) is 64.2 Å². The van der Waals surface area contributed by atoms with Crippen LogP contribution in [0, 0.1) is 0 Å². The molecule has 112 valence electrons. The third-order valence-electron chi connectivity index (χ3n) is 3.02. The summed E-state index contributed by atoms with van der Waals surface area (Å²) in [5, 5.41) is 8.63. The Morgan fingerprint density at radius 1 is 0.895 bits per heavy atom. The van der Waals surface area contributed by atoms with Crippen LogP contribution < -0.4 is 0 Å². The van der Waals surface area contributed by atoms with Gasteiger partial charge in [-0.25, -0.2) is 4.79 Å². The maximum atomic E-state index is 11.0. The van der Waals surface area contributed by atoms with Crippen LogP contribution in [-0.2, 0) is 9.53 Å². The minimum Gasteiger partial charge on any atom is -0.462 e. The fourth-order valence-corrected chi connectivity index (χ4v) is 1.94. The van der Waals surface area contributed by atoms with Gasteiger partial charge in [-0.2, -0.15) is 0 Å². The first-order chi connectivity index (χ1) is 9.18. The second-order valence-corrected chi connectivity index (χ2v) is 5.38. The summed E-state index contributed by atoms with van der Waals surface area (Å²) in [6.45, 7) is 4.20. The van der Waals surface area contributed by atoms with E-state index in [1.807, 2.05) is 0 Å². The van der Waals surface area contributed by atoms with Crippen LogP contribution in [-0.4, -0.2) is 24.3 Å². The van der Waals surface area contributed by atoms with Gasteiger partial charge in [0, 0.05) is 6.61 Å². The summed E-state index contributed by atoms with van der Waals surface area (Å²) in [6, 6.07) is 0. The fraction of sp³-hybridized carbons (Fsp3) is 0.800. The highest BCUT2D eigenvalue weighted by Crippen LogP contribution is 2.10. The maximum absolute atomic E-state index is 11.0. The summed E-state index contributed by atoms with van der Waals surface area (Å²) in [5.74, 6) is -0.411. The molecule has 3 nitrogen and oxygen atoms in total. The quantitative estimate of drug-likeness (QED) is 0.234. The fourth-order valence-electron chi connectivity index (χ4n) is 1.88. The average Bonchev–Trinajstić information content (AvgIpc) is 2.39. The standard InChI is InChI=1S/C15H28O3S/c1-14(19)15(17)18-13-11-9-7-5-3-2-4-6-8-10-12-16/h16,19H,1-13H2. The van der Waals surface area contributed by atoms with Crippen molar-refractivity contribution < 1.29 is 14.6 Å². The van der Waals surface area contributed by atoms with Crippen LogP contribution in [0.4, 0.5) is 0 Å². The molecule has 19 heavy (non-hydrogen) atoms. The van der Waals surface area contributed by atoms with E-state index in [0.29, 0.717) is 13.2 Å². The number of aliphatic hydroxyl groups is 1. The van der Waals surface area contributed by atoms with Crippen molar-refractivity contribution in [1.82, 2.24) is 0 Å². The zero-order valence-electron chi connectivity index (χ0n) is 11.9. The molecular weight excluding hydrogens is 260 g/mol.